The van der Waals surface area contributed by atoms with Gasteiger partial charge in [-0.2, -0.15) is 0 Å². The first-order chi connectivity index (χ1) is 15.2. The maximum absolute atomic E-state index is 13.6. The molecule has 6 nitrogen and oxygen atoms in total. The van der Waals surface area contributed by atoms with E-state index in [0.717, 1.165) is 37.7 Å². The standard InChI is InChI=1S/C25H35N3O3S/c1-5-15(2)19(21(29)26-16-11-7-6-8-12-16)27-22(30)20-25(3,4)32-24-18-14-10-9-13-17(18)23(31)28(20)24/h9-10,13-16,19-20,24H,5-8,11-12H2,1-4H3,(H,26,29)(H,27,30)/t15-,19-,20-,24-/m0/s1. The fourth-order valence-electron chi connectivity index (χ4n) is 5.28. The maximum atomic E-state index is 13.6. The molecule has 4 rings (SSSR count). The number of nitrogens with one attached hydrogen (secondary N) is 2. The van der Waals surface area contributed by atoms with Gasteiger partial charge in [0.05, 0.1) is 0 Å². The second-order valence-corrected chi connectivity index (χ2v) is 11.7. The molecule has 3 aliphatic rings. The van der Waals surface area contributed by atoms with E-state index in [9.17, 15) is 14.4 Å². The van der Waals surface area contributed by atoms with Crippen LogP contribution in [0.15, 0.2) is 24.3 Å². The minimum Gasteiger partial charge on any atom is -0.352 e. The summed E-state index contributed by atoms with van der Waals surface area (Å²) in [6, 6.07) is 6.56. The number of fused-ring (bicyclic) bond motifs is 3. The van der Waals surface area contributed by atoms with E-state index in [1.54, 1.807) is 16.7 Å². The number of amides is 3. The zero-order valence-electron chi connectivity index (χ0n) is 19.5. The minimum absolute atomic E-state index is 0.00184. The molecule has 1 aliphatic carbocycles. The third kappa shape index (κ3) is 4.16. The molecule has 2 aliphatic heterocycles. The third-order valence-corrected chi connectivity index (χ3v) is 8.82. The molecule has 1 saturated carbocycles. The van der Waals surface area contributed by atoms with Gasteiger partial charge in [0.2, 0.25) is 11.8 Å². The second kappa shape index (κ2) is 9.08. The van der Waals surface area contributed by atoms with Gasteiger partial charge in [-0.25, -0.2) is 0 Å². The van der Waals surface area contributed by atoms with E-state index in [1.807, 2.05) is 52.0 Å². The van der Waals surface area contributed by atoms with Gasteiger partial charge in [0.25, 0.3) is 5.91 Å². The highest BCUT2D eigenvalue weighted by Gasteiger charge is 2.57. The minimum atomic E-state index is -0.633. The van der Waals surface area contributed by atoms with E-state index in [1.165, 1.54) is 6.42 Å². The van der Waals surface area contributed by atoms with Crippen molar-refractivity contribution >= 4 is 29.5 Å². The largest absolute Gasteiger partial charge is 0.352 e. The van der Waals surface area contributed by atoms with Gasteiger partial charge in [-0.1, -0.05) is 57.7 Å². The lowest BCUT2D eigenvalue weighted by Crippen LogP contribution is -2.59. The van der Waals surface area contributed by atoms with Crippen LogP contribution in [-0.4, -0.2) is 45.5 Å². The van der Waals surface area contributed by atoms with Gasteiger partial charge in [0, 0.05) is 16.4 Å². The molecule has 3 amide bonds. The van der Waals surface area contributed by atoms with Crippen LogP contribution in [0.5, 0.6) is 0 Å². The topological polar surface area (TPSA) is 78.5 Å². The Balaban J connectivity index is 1.53. The van der Waals surface area contributed by atoms with Crippen molar-refractivity contribution in [2.45, 2.75) is 94.5 Å². The molecule has 2 N–H and O–H groups in total. The Kier molecular flexibility index (Phi) is 6.57. The number of nitrogens with zero attached hydrogens (tertiary/aromatic N) is 1. The second-order valence-electron chi connectivity index (χ2n) is 9.99. The highest BCUT2D eigenvalue weighted by Crippen LogP contribution is 2.56. The molecule has 0 unspecified atom stereocenters. The molecule has 1 aromatic carbocycles. The van der Waals surface area contributed by atoms with Gasteiger partial charge in [-0.05, 0) is 44.2 Å². The van der Waals surface area contributed by atoms with E-state index in [4.69, 9.17) is 0 Å². The van der Waals surface area contributed by atoms with Gasteiger partial charge in [0.15, 0.2) is 0 Å². The zero-order chi connectivity index (χ0) is 23.0. The van der Waals surface area contributed by atoms with Crippen LogP contribution in [0.25, 0.3) is 0 Å². The summed E-state index contributed by atoms with van der Waals surface area (Å²) in [5.74, 6) is -0.441. The smallest absolute Gasteiger partial charge is 0.256 e. The zero-order valence-corrected chi connectivity index (χ0v) is 20.3. The Bertz CT molecular complexity index is 896. The van der Waals surface area contributed by atoms with Gasteiger partial charge >= 0.3 is 0 Å². The molecule has 1 aromatic rings. The van der Waals surface area contributed by atoms with Crippen LogP contribution in [0.3, 0.4) is 0 Å². The normalized spacial score (nSPS) is 26.2. The van der Waals surface area contributed by atoms with Crippen molar-refractivity contribution in [1.29, 1.82) is 0 Å². The fraction of sp³-hybridized carbons (Fsp3) is 0.640. The van der Waals surface area contributed by atoms with Crippen molar-refractivity contribution in [1.82, 2.24) is 15.5 Å². The molecule has 2 fully saturated rings. The summed E-state index contributed by atoms with van der Waals surface area (Å²) in [6.45, 7) is 8.05. The number of carbonyl (C=O) groups is 3. The summed E-state index contributed by atoms with van der Waals surface area (Å²) in [6.07, 6.45) is 6.28. The van der Waals surface area contributed by atoms with E-state index in [0.29, 0.717) is 5.56 Å². The Labute approximate surface area is 195 Å². The molecule has 2 heterocycles. The SMILES string of the molecule is CC[C@H](C)[C@H](NC(=O)[C@@H]1N2C(=O)c3ccccc3[C@@H]2SC1(C)C)C(=O)NC1CCCCC1. The predicted molar refractivity (Wildman–Crippen MR) is 127 cm³/mol. The first-order valence-corrected chi connectivity index (χ1v) is 12.8. The van der Waals surface area contributed by atoms with Crippen LogP contribution in [0.2, 0.25) is 0 Å². The Morgan fingerprint density at radius 1 is 1.19 bits per heavy atom. The predicted octanol–water partition coefficient (Wildman–Crippen LogP) is 4.01. The average Bonchev–Trinajstić information content (AvgIpc) is 3.21. The van der Waals surface area contributed by atoms with Crippen molar-refractivity contribution in [2.24, 2.45) is 5.92 Å². The molecule has 174 valence electrons. The van der Waals surface area contributed by atoms with Crippen LogP contribution < -0.4 is 10.6 Å². The molecule has 0 radical (unpaired) electrons. The third-order valence-electron chi connectivity index (χ3n) is 7.29. The average molecular weight is 458 g/mol. The number of rotatable bonds is 6. The molecular formula is C25H35N3O3S. The Morgan fingerprint density at radius 2 is 1.88 bits per heavy atom. The molecule has 4 atom stereocenters. The summed E-state index contributed by atoms with van der Waals surface area (Å²) in [5, 5.41) is 6.07. The fourth-order valence-corrected chi connectivity index (χ4v) is 6.87. The summed E-state index contributed by atoms with van der Waals surface area (Å²) in [7, 11) is 0. The van der Waals surface area contributed by atoms with Crippen LogP contribution in [0.1, 0.15) is 87.5 Å². The van der Waals surface area contributed by atoms with Crippen LogP contribution in [-0.2, 0) is 9.59 Å². The first kappa shape index (κ1) is 23.1. The lowest BCUT2D eigenvalue weighted by Gasteiger charge is -2.33. The van der Waals surface area contributed by atoms with E-state index in [-0.39, 0.29) is 35.1 Å². The van der Waals surface area contributed by atoms with Crippen LogP contribution in [0.4, 0.5) is 0 Å². The van der Waals surface area contributed by atoms with E-state index in [2.05, 4.69) is 10.6 Å². The summed E-state index contributed by atoms with van der Waals surface area (Å²) < 4.78 is -0.461. The monoisotopic (exact) mass is 457 g/mol. The Morgan fingerprint density at radius 3 is 2.56 bits per heavy atom. The highest BCUT2D eigenvalue weighted by molar-refractivity contribution is 8.01. The first-order valence-electron chi connectivity index (χ1n) is 11.9. The lowest BCUT2D eigenvalue weighted by atomic mass is 9.93. The molecule has 0 spiro atoms. The van der Waals surface area contributed by atoms with E-state index >= 15 is 0 Å². The summed E-state index contributed by atoms with van der Waals surface area (Å²) >= 11 is 1.64. The maximum Gasteiger partial charge on any atom is 0.256 e. The van der Waals surface area contributed by atoms with E-state index < -0.39 is 16.8 Å². The van der Waals surface area contributed by atoms with Crippen molar-refractivity contribution in [2.75, 3.05) is 0 Å². The van der Waals surface area contributed by atoms with Gasteiger partial charge < -0.3 is 15.5 Å². The van der Waals surface area contributed by atoms with Crippen molar-refractivity contribution in [3.63, 3.8) is 0 Å². The van der Waals surface area contributed by atoms with Crippen molar-refractivity contribution in [3.05, 3.63) is 35.4 Å². The number of hydrogen-bond acceptors (Lipinski definition) is 4. The van der Waals surface area contributed by atoms with Gasteiger partial charge in [0.1, 0.15) is 17.5 Å². The summed E-state index contributed by atoms with van der Waals surface area (Å²) in [5.41, 5.74) is 1.64. The molecule has 1 saturated heterocycles. The number of carbonyl (C=O) groups excluding carboxylic acids is 3. The van der Waals surface area contributed by atoms with Crippen molar-refractivity contribution in [3.8, 4) is 0 Å². The molecule has 32 heavy (non-hydrogen) atoms. The van der Waals surface area contributed by atoms with Gasteiger partial charge in [-0.3, -0.25) is 14.4 Å². The quantitative estimate of drug-likeness (QED) is 0.676. The van der Waals surface area contributed by atoms with Crippen molar-refractivity contribution < 1.29 is 14.4 Å². The molecule has 0 bridgehead atoms. The molecule has 7 heteroatoms. The molecule has 0 aromatic heterocycles. The highest BCUT2D eigenvalue weighted by atomic mass is 32.2. The van der Waals surface area contributed by atoms with Gasteiger partial charge in [-0.15, -0.1) is 11.8 Å². The van der Waals surface area contributed by atoms with Crippen LogP contribution in [0, 0.1) is 5.92 Å². The number of thioether (sulfide) groups is 1. The number of hydrogen-bond donors (Lipinski definition) is 2. The Hall–Kier alpha value is -2.02. The number of benzene rings is 1. The molecular weight excluding hydrogens is 422 g/mol. The lowest BCUT2D eigenvalue weighted by molar-refractivity contribution is -0.133. The van der Waals surface area contributed by atoms with Crippen LogP contribution >= 0.6 is 11.8 Å². The summed E-state index contributed by atoms with van der Waals surface area (Å²) in [4.78, 5) is 41.7.